The fraction of sp³-hybridized carbons (Fsp3) is 0.786. The Bertz CT molecular complexity index is 339. The molecule has 1 aliphatic rings. The van der Waals surface area contributed by atoms with Gasteiger partial charge in [-0.15, -0.1) is 0 Å². The van der Waals surface area contributed by atoms with E-state index in [0.29, 0.717) is 0 Å². The molecule has 0 spiro atoms. The van der Waals surface area contributed by atoms with Crippen LogP contribution >= 0.6 is 0 Å². The summed E-state index contributed by atoms with van der Waals surface area (Å²) in [7, 11) is 0. The van der Waals surface area contributed by atoms with Gasteiger partial charge in [-0.3, -0.25) is 0 Å². The van der Waals surface area contributed by atoms with Crippen molar-refractivity contribution in [2.45, 2.75) is 33.2 Å². The molecule has 0 unspecified atom stereocenters. The zero-order chi connectivity index (χ0) is 12.8. The van der Waals surface area contributed by atoms with Crippen molar-refractivity contribution in [3.63, 3.8) is 0 Å². The van der Waals surface area contributed by atoms with Crippen molar-refractivity contribution < 1.29 is 0 Å². The van der Waals surface area contributed by atoms with E-state index in [-0.39, 0.29) is 0 Å². The van der Waals surface area contributed by atoms with E-state index < -0.39 is 0 Å². The summed E-state index contributed by atoms with van der Waals surface area (Å²) in [5, 5.41) is 3.46. The summed E-state index contributed by atoms with van der Waals surface area (Å²) in [6, 6.07) is 0. The number of aryl methyl sites for hydroxylation is 1. The Morgan fingerprint density at radius 3 is 2.72 bits per heavy atom. The predicted molar refractivity (Wildman–Crippen MR) is 74.7 cm³/mol. The average Bonchev–Trinajstić information content (AvgIpc) is 2.81. The van der Waals surface area contributed by atoms with Crippen LogP contribution in [0.3, 0.4) is 0 Å². The molecule has 4 heteroatoms. The van der Waals surface area contributed by atoms with Crippen LogP contribution < -0.4 is 5.32 Å². The van der Waals surface area contributed by atoms with Crippen LogP contribution in [-0.2, 0) is 6.54 Å². The molecule has 4 nitrogen and oxygen atoms in total. The highest BCUT2D eigenvalue weighted by Crippen LogP contribution is 2.16. The zero-order valence-corrected chi connectivity index (χ0v) is 11.7. The standard InChI is InChI=1S/C14H26N4/c1-3-15-12-14-4-7-17(8-5-14)10-11-18-9-6-16-13(18)2/h6,9,14-15H,3-5,7-8,10-12H2,1-2H3. The van der Waals surface area contributed by atoms with Crippen LogP contribution in [0, 0.1) is 12.8 Å². The number of piperidine rings is 1. The molecule has 0 bridgehead atoms. The highest BCUT2D eigenvalue weighted by atomic mass is 15.2. The number of likely N-dealkylation sites (tertiary alicyclic amines) is 1. The molecular weight excluding hydrogens is 224 g/mol. The number of imidazole rings is 1. The zero-order valence-electron chi connectivity index (χ0n) is 11.7. The lowest BCUT2D eigenvalue weighted by Gasteiger charge is -2.32. The van der Waals surface area contributed by atoms with Crippen molar-refractivity contribution in [2.24, 2.45) is 5.92 Å². The third-order valence-corrected chi connectivity index (χ3v) is 3.97. The van der Waals surface area contributed by atoms with Gasteiger partial charge in [0.2, 0.25) is 0 Å². The quantitative estimate of drug-likeness (QED) is 0.831. The van der Waals surface area contributed by atoms with Gasteiger partial charge in [-0.2, -0.15) is 0 Å². The minimum Gasteiger partial charge on any atom is -0.334 e. The van der Waals surface area contributed by atoms with Crippen molar-refractivity contribution in [3.05, 3.63) is 18.2 Å². The Hall–Kier alpha value is -0.870. The SMILES string of the molecule is CCNCC1CCN(CCn2ccnc2C)CC1. The number of hydrogen-bond acceptors (Lipinski definition) is 3. The summed E-state index contributed by atoms with van der Waals surface area (Å²) >= 11 is 0. The minimum atomic E-state index is 0.885. The van der Waals surface area contributed by atoms with Crippen LogP contribution in [0.4, 0.5) is 0 Å². The van der Waals surface area contributed by atoms with E-state index in [2.05, 4.69) is 39.8 Å². The maximum Gasteiger partial charge on any atom is 0.105 e. The molecule has 102 valence electrons. The maximum atomic E-state index is 4.26. The summed E-state index contributed by atoms with van der Waals surface area (Å²) in [4.78, 5) is 6.85. The number of aromatic nitrogens is 2. The molecular formula is C14H26N4. The molecule has 0 radical (unpaired) electrons. The van der Waals surface area contributed by atoms with Gasteiger partial charge in [0, 0.05) is 25.5 Å². The second-order valence-corrected chi connectivity index (χ2v) is 5.26. The first-order valence-electron chi connectivity index (χ1n) is 7.20. The summed E-state index contributed by atoms with van der Waals surface area (Å²) in [6.07, 6.45) is 6.65. The first-order chi connectivity index (χ1) is 8.79. The summed E-state index contributed by atoms with van der Waals surface area (Å²) in [5.41, 5.74) is 0. The molecule has 0 aliphatic carbocycles. The largest absolute Gasteiger partial charge is 0.334 e. The molecule has 1 fully saturated rings. The fourth-order valence-electron chi connectivity index (χ4n) is 2.65. The average molecular weight is 250 g/mol. The first kappa shape index (κ1) is 13.6. The molecule has 1 aromatic heterocycles. The highest BCUT2D eigenvalue weighted by Gasteiger charge is 2.18. The van der Waals surface area contributed by atoms with E-state index in [1.54, 1.807) is 0 Å². The molecule has 1 saturated heterocycles. The lowest BCUT2D eigenvalue weighted by Crippen LogP contribution is -2.38. The lowest BCUT2D eigenvalue weighted by molar-refractivity contribution is 0.177. The Labute approximate surface area is 110 Å². The van der Waals surface area contributed by atoms with E-state index in [1.807, 2.05) is 6.20 Å². The third-order valence-electron chi connectivity index (χ3n) is 3.97. The molecule has 0 aromatic carbocycles. The topological polar surface area (TPSA) is 33.1 Å². The van der Waals surface area contributed by atoms with Crippen LogP contribution in [-0.4, -0.2) is 47.2 Å². The Balaban J connectivity index is 1.66. The number of hydrogen-bond donors (Lipinski definition) is 1. The minimum absolute atomic E-state index is 0.885. The summed E-state index contributed by atoms with van der Waals surface area (Å²) in [5.74, 6) is 2.01. The van der Waals surface area contributed by atoms with Gasteiger partial charge in [0.15, 0.2) is 0 Å². The van der Waals surface area contributed by atoms with Crippen LogP contribution in [0.5, 0.6) is 0 Å². The van der Waals surface area contributed by atoms with Gasteiger partial charge in [-0.1, -0.05) is 6.92 Å². The van der Waals surface area contributed by atoms with E-state index in [0.717, 1.165) is 31.4 Å². The molecule has 0 saturated carbocycles. The van der Waals surface area contributed by atoms with E-state index in [9.17, 15) is 0 Å². The molecule has 18 heavy (non-hydrogen) atoms. The predicted octanol–water partition coefficient (Wildman–Crippen LogP) is 1.51. The second-order valence-electron chi connectivity index (χ2n) is 5.26. The number of nitrogens with one attached hydrogen (secondary N) is 1. The van der Waals surface area contributed by atoms with Gasteiger partial charge in [-0.25, -0.2) is 4.98 Å². The highest BCUT2D eigenvalue weighted by molar-refractivity contribution is 4.88. The number of nitrogens with zero attached hydrogens (tertiary/aromatic N) is 3. The molecule has 0 amide bonds. The molecule has 0 atom stereocenters. The lowest BCUT2D eigenvalue weighted by atomic mass is 9.97. The van der Waals surface area contributed by atoms with Crippen molar-refractivity contribution in [1.82, 2.24) is 19.8 Å². The maximum absolute atomic E-state index is 4.26. The van der Waals surface area contributed by atoms with Gasteiger partial charge in [0.05, 0.1) is 0 Å². The smallest absolute Gasteiger partial charge is 0.105 e. The van der Waals surface area contributed by atoms with Crippen LogP contribution in [0.15, 0.2) is 12.4 Å². The van der Waals surface area contributed by atoms with Crippen LogP contribution in [0.2, 0.25) is 0 Å². The molecule has 2 heterocycles. The van der Waals surface area contributed by atoms with Gasteiger partial charge in [-0.05, 0) is 51.9 Å². The summed E-state index contributed by atoms with van der Waals surface area (Å²) < 4.78 is 2.24. The Morgan fingerprint density at radius 1 is 1.33 bits per heavy atom. The molecule has 1 aromatic rings. The van der Waals surface area contributed by atoms with Crippen molar-refractivity contribution in [2.75, 3.05) is 32.7 Å². The second kappa shape index (κ2) is 6.90. The van der Waals surface area contributed by atoms with E-state index in [1.165, 1.54) is 32.5 Å². The Kier molecular flexibility index (Phi) is 5.20. The normalized spacial score (nSPS) is 18.3. The summed E-state index contributed by atoms with van der Waals surface area (Å²) in [6.45, 7) is 11.3. The van der Waals surface area contributed by atoms with Gasteiger partial charge in [0.25, 0.3) is 0 Å². The van der Waals surface area contributed by atoms with Gasteiger partial charge in [0.1, 0.15) is 5.82 Å². The van der Waals surface area contributed by atoms with Gasteiger partial charge < -0.3 is 14.8 Å². The van der Waals surface area contributed by atoms with E-state index in [4.69, 9.17) is 0 Å². The van der Waals surface area contributed by atoms with Gasteiger partial charge >= 0.3 is 0 Å². The van der Waals surface area contributed by atoms with E-state index >= 15 is 0 Å². The van der Waals surface area contributed by atoms with Crippen molar-refractivity contribution in [3.8, 4) is 0 Å². The molecule has 2 rings (SSSR count). The van der Waals surface area contributed by atoms with Crippen LogP contribution in [0.1, 0.15) is 25.6 Å². The monoisotopic (exact) mass is 250 g/mol. The number of rotatable bonds is 6. The first-order valence-corrected chi connectivity index (χ1v) is 7.20. The molecule has 1 aliphatic heterocycles. The molecule has 1 N–H and O–H groups in total. The fourth-order valence-corrected chi connectivity index (χ4v) is 2.65. The third kappa shape index (κ3) is 3.82. The van der Waals surface area contributed by atoms with Crippen LogP contribution in [0.25, 0.3) is 0 Å². The van der Waals surface area contributed by atoms with Crippen molar-refractivity contribution >= 4 is 0 Å². The Morgan fingerprint density at radius 2 is 2.11 bits per heavy atom. The van der Waals surface area contributed by atoms with Crippen molar-refractivity contribution in [1.29, 1.82) is 0 Å².